The standard InChI is InChI=1S/C18H17NO5/c1-21-15-7-10(8-16(22-2)18(15)23-3)6-14-17(20)12-9-11(19)4-5-13(12)24-14/h4-9H,19H2,1-3H3/b14-6-. The van der Waals surface area contributed by atoms with Crippen molar-refractivity contribution in [1.29, 1.82) is 0 Å². The molecule has 1 aliphatic rings. The largest absolute Gasteiger partial charge is 0.493 e. The first kappa shape index (κ1) is 15.7. The number of fused-ring (bicyclic) bond motifs is 1. The summed E-state index contributed by atoms with van der Waals surface area (Å²) in [4.78, 5) is 12.4. The molecule has 1 heterocycles. The predicted molar refractivity (Wildman–Crippen MR) is 89.9 cm³/mol. The van der Waals surface area contributed by atoms with Gasteiger partial charge in [-0.2, -0.15) is 0 Å². The Balaban J connectivity index is 2.02. The summed E-state index contributed by atoms with van der Waals surface area (Å²) in [5.41, 5.74) is 7.38. The fourth-order valence-electron chi connectivity index (χ4n) is 2.54. The molecule has 24 heavy (non-hydrogen) atoms. The Morgan fingerprint density at radius 3 is 2.25 bits per heavy atom. The molecule has 2 aromatic carbocycles. The maximum absolute atomic E-state index is 12.4. The minimum absolute atomic E-state index is 0.213. The first-order valence-electron chi connectivity index (χ1n) is 7.21. The maximum Gasteiger partial charge on any atom is 0.232 e. The molecular formula is C18H17NO5. The number of Topliss-reactive ketones (excluding diaryl/α,β-unsaturated/α-hetero) is 1. The number of allylic oxidation sites excluding steroid dienone is 1. The predicted octanol–water partition coefficient (Wildman–Crippen LogP) is 2.91. The number of carbonyl (C=O) groups is 1. The zero-order valence-electron chi connectivity index (χ0n) is 13.6. The van der Waals surface area contributed by atoms with Crippen LogP contribution in [0.2, 0.25) is 0 Å². The molecule has 0 aliphatic carbocycles. The fourth-order valence-corrected chi connectivity index (χ4v) is 2.54. The van der Waals surface area contributed by atoms with E-state index in [9.17, 15) is 4.79 Å². The van der Waals surface area contributed by atoms with Crippen LogP contribution >= 0.6 is 0 Å². The van der Waals surface area contributed by atoms with E-state index >= 15 is 0 Å². The Hall–Kier alpha value is -3.15. The molecule has 0 unspecified atom stereocenters. The van der Waals surface area contributed by atoms with Crippen LogP contribution in [-0.2, 0) is 0 Å². The van der Waals surface area contributed by atoms with E-state index in [4.69, 9.17) is 24.7 Å². The van der Waals surface area contributed by atoms with Crippen LogP contribution in [0.15, 0.2) is 36.1 Å². The Kier molecular flexibility index (Phi) is 4.04. The first-order chi connectivity index (χ1) is 11.6. The van der Waals surface area contributed by atoms with Gasteiger partial charge in [0, 0.05) is 5.69 Å². The van der Waals surface area contributed by atoms with Crippen molar-refractivity contribution in [3.05, 3.63) is 47.2 Å². The smallest absolute Gasteiger partial charge is 0.232 e. The second kappa shape index (κ2) is 6.16. The van der Waals surface area contributed by atoms with Crippen LogP contribution in [0.25, 0.3) is 6.08 Å². The van der Waals surface area contributed by atoms with Gasteiger partial charge in [0.1, 0.15) is 5.75 Å². The average Bonchev–Trinajstić information content (AvgIpc) is 2.89. The third-order valence-corrected chi connectivity index (χ3v) is 3.68. The molecule has 0 atom stereocenters. The van der Waals surface area contributed by atoms with Crippen LogP contribution in [0.3, 0.4) is 0 Å². The van der Waals surface area contributed by atoms with Gasteiger partial charge in [-0.15, -0.1) is 0 Å². The summed E-state index contributed by atoms with van der Waals surface area (Å²) in [5, 5.41) is 0. The van der Waals surface area contributed by atoms with E-state index in [0.717, 1.165) is 0 Å². The van der Waals surface area contributed by atoms with Crippen molar-refractivity contribution in [2.24, 2.45) is 0 Å². The van der Waals surface area contributed by atoms with Gasteiger partial charge in [0.15, 0.2) is 17.3 Å². The molecule has 2 N–H and O–H groups in total. The number of benzene rings is 2. The molecule has 0 amide bonds. The number of nitrogens with two attached hydrogens (primary N) is 1. The van der Waals surface area contributed by atoms with Crippen molar-refractivity contribution in [3.8, 4) is 23.0 Å². The minimum atomic E-state index is -0.217. The first-order valence-corrected chi connectivity index (χ1v) is 7.21. The normalized spacial score (nSPS) is 14.3. The third-order valence-electron chi connectivity index (χ3n) is 3.68. The van der Waals surface area contributed by atoms with E-state index in [2.05, 4.69) is 0 Å². The van der Waals surface area contributed by atoms with Gasteiger partial charge < -0.3 is 24.7 Å². The lowest BCUT2D eigenvalue weighted by atomic mass is 10.1. The van der Waals surface area contributed by atoms with Crippen molar-refractivity contribution in [2.75, 3.05) is 27.1 Å². The Morgan fingerprint density at radius 2 is 1.67 bits per heavy atom. The number of carbonyl (C=O) groups excluding carboxylic acids is 1. The lowest BCUT2D eigenvalue weighted by Gasteiger charge is -2.13. The number of ketones is 1. The molecule has 6 heteroatoms. The summed E-state index contributed by atoms with van der Waals surface area (Å²) in [6.07, 6.45) is 1.63. The quantitative estimate of drug-likeness (QED) is 0.687. The topological polar surface area (TPSA) is 80.0 Å². The van der Waals surface area contributed by atoms with E-state index in [1.807, 2.05) is 0 Å². The van der Waals surface area contributed by atoms with Gasteiger partial charge in [0.25, 0.3) is 0 Å². The van der Waals surface area contributed by atoms with Crippen LogP contribution in [0.4, 0.5) is 5.69 Å². The van der Waals surface area contributed by atoms with Crippen molar-refractivity contribution < 1.29 is 23.7 Å². The van der Waals surface area contributed by atoms with Crippen LogP contribution in [0.5, 0.6) is 23.0 Å². The summed E-state index contributed by atoms with van der Waals surface area (Å²) in [6.45, 7) is 0. The van der Waals surface area contributed by atoms with E-state index in [0.29, 0.717) is 39.8 Å². The van der Waals surface area contributed by atoms with Crippen molar-refractivity contribution in [2.45, 2.75) is 0 Å². The van der Waals surface area contributed by atoms with Crippen LogP contribution in [-0.4, -0.2) is 27.1 Å². The number of hydrogen-bond donors (Lipinski definition) is 1. The molecule has 2 aromatic rings. The van der Waals surface area contributed by atoms with E-state index in [-0.39, 0.29) is 11.5 Å². The summed E-state index contributed by atoms with van der Waals surface area (Å²) < 4.78 is 21.5. The number of nitrogen functional groups attached to an aromatic ring is 1. The average molecular weight is 327 g/mol. The number of ether oxygens (including phenoxy) is 4. The lowest BCUT2D eigenvalue weighted by Crippen LogP contribution is -1.99. The molecule has 3 rings (SSSR count). The molecule has 0 bridgehead atoms. The number of hydrogen-bond acceptors (Lipinski definition) is 6. The van der Waals surface area contributed by atoms with Gasteiger partial charge in [-0.3, -0.25) is 4.79 Å². The zero-order chi connectivity index (χ0) is 17.3. The van der Waals surface area contributed by atoms with Gasteiger partial charge in [0.2, 0.25) is 11.5 Å². The second-order valence-corrected chi connectivity index (χ2v) is 5.15. The Bertz CT molecular complexity index is 816. The highest BCUT2D eigenvalue weighted by Crippen LogP contribution is 2.39. The highest BCUT2D eigenvalue weighted by Gasteiger charge is 2.27. The summed E-state index contributed by atoms with van der Waals surface area (Å²) >= 11 is 0. The van der Waals surface area contributed by atoms with Crippen LogP contribution in [0, 0.1) is 0 Å². The maximum atomic E-state index is 12.4. The number of methoxy groups -OCH3 is 3. The summed E-state index contributed by atoms with van der Waals surface area (Å²) in [7, 11) is 4.59. The third kappa shape index (κ3) is 2.62. The van der Waals surface area contributed by atoms with Gasteiger partial charge >= 0.3 is 0 Å². The van der Waals surface area contributed by atoms with Crippen LogP contribution < -0.4 is 24.7 Å². The SMILES string of the molecule is COc1cc(/C=C2\Oc3ccc(N)cc3C2=O)cc(OC)c1OC. The molecule has 0 spiro atoms. The van der Waals surface area contributed by atoms with Crippen molar-refractivity contribution in [1.82, 2.24) is 0 Å². The number of anilines is 1. The van der Waals surface area contributed by atoms with Gasteiger partial charge in [-0.25, -0.2) is 0 Å². The molecular weight excluding hydrogens is 310 g/mol. The van der Waals surface area contributed by atoms with E-state index in [1.54, 1.807) is 36.4 Å². The second-order valence-electron chi connectivity index (χ2n) is 5.15. The van der Waals surface area contributed by atoms with Crippen molar-refractivity contribution >= 4 is 17.5 Å². The summed E-state index contributed by atoms with van der Waals surface area (Å²) in [5.74, 6) is 1.97. The highest BCUT2D eigenvalue weighted by molar-refractivity contribution is 6.14. The monoisotopic (exact) mass is 327 g/mol. The Labute approximate surface area is 139 Å². The highest BCUT2D eigenvalue weighted by atomic mass is 16.5. The molecule has 0 saturated heterocycles. The molecule has 6 nitrogen and oxygen atoms in total. The lowest BCUT2D eigenvalue weighted by molar-refractivity contribution is 0.101. The molecule has 0 saturated carbocycles. The molecule has 124 valence electrons. The zero-order valence-corrected chi connectivity index (χ0v) is 13.6. The van der Waals surface area contributed by atoms with Gasteiger partial charge in [-0.1, -0.05) is 0 Å². The van der Waals surface area contributed by atoms with Crippen LogP contribution in [0.1, 0.15) is 15.9 Å². The molecule has 1 aliphatic heterocycles. The summed E-state index contributed by atoms with van der Waals surface area (Å²) in [6, 6.07) is 8.45. The van der Waals surface area contributed by atoms with Gasteiger partial charge in [-0.05, 0) is 42.0 Å². The minimum Gasteiger partial charge on any atom is -0.493 e. The van der Waals surface area contributed by atoms with E-state index in [1.165, 1.54) is 21.3 Å². The molecule has 0 radical (unpaired) electrons. The molecule has 0 aromatic heterocycles. The van der Waals surface area contributed by atoms with E-state index < -0.39 is 0 Å². The van der Waals surface area contributed by atoms with Gasteiger partial charge in [0.05, 0.1) is 26.9 Å². The number of rotatable bonds is 4. The molecule has 0 fully saturated rings. The Morgan fingerprint density at radius 1 is 1.00 bits per heavy atom. The fraction of sp³-hybridized carbons (Fsp3) is 0.167. The van der Waals surface area contributed by atoms with Crippen molar-refractivity contribution in [3.63, 3.8) is 0 Å².